The molecular formula is C38H76O4S2Sn. The van der Waals surface area contributed by atoms with Crippen molar-refractivity contribution in [3.05, 3.63) is 0 Å². The Balaban J connectivity index is 4.61. The Labute approximate surface area is 297 Å². The number of carbonyl (C=O) groups excluding carboxylic acids is 2. The van der Waals surface area contributed by atoms with E-state index in [0.29, 0.717) is 0 Å². The maximum atomic E-state index is 13.3. The van der Waals surface area contributed by atoms with Crippen molar-refractivity contribution in [3.63, 3.8) is 0 Å². The molecular weight excluding hydrogens is 703 g/mol. The van der Waals surface area contributed by atoms with Crippen molar-refractivity contribution in [1.82, 2.24) is 0 Å². The van der Waals surface area contributed by atoms with Gasteiger partial charge in [-0.25, -0.2) is 0 Å². The summed E-state index contributed by atoms with van der Waals surface area (Å²) in [5.74, 6) is -0.524. The van der Waals surface area contributed by atoms with Gasteiger partial charge in [-0.15, -0.1) is 0 Å². The van der Waals surface area contributed by atoms with Gasteiger partial charge in [-0.2, -0.15) is 0 Å². The third-order valence-corrected chi connectivity index (χ3v) is 19.7. The van der Waals surface area contributed by atoms with Gasteiger partial charge in [-0.05, 0) is 0 Å². The fourth-order valence-corrected chi connectivity index (χ4v) is 17.0. The molecule has 7 heteroatoms. The van der Waals surface area contributed by atoms with E-state index in [-0.39, 0.29) is 11.9 Å². The first kappa shape index (κ1) is 45.4. The fraction of sp³-hybridized carbons (Fsp3) is 0.947. The standard InChI is InChI=1S/2C15H30O2S.2C4H9.Sn/c2*1-2-3-4-5-6-7-8-9-10-11-12-13-14(18)15(16)17;2*1-3-4-2;/h2*14,18H,2-13H2,1H3,(H,16,17);2*1,3-4H2,2H3;/q;;;;+2/p-2. The van der Waals surface area contributed by atoms with Crippen LogP contribution in [0.1, 0.15) is 207 Å². The Kier molecular flexibility index (Phi) is 33.3. The van der Waals surface area contributed by atoms with Gasteiger partial charge in [0.1, 0.15) is 0 Å². The molecule has 0 bridgehead atoms. The molecule has 0 fully saturated rings. The van der Waals surface area contributed by atoms with Crippen molar-refractivity contribution in [2.45, 2.75) is 227 Å². The van der Waals surface area contributed by atoms with Crippen molar-refractivity contribution >= 4 is 56.4 Å². The van der Waals surface area contributed by atoms with E-state index >= 15 is 0 Å². The molecule has 0 heterocycles. The van der Waals surface area contributed by atoms with Crippen molar-refractivity contribution in [2.24, 2.45) is 0 Å². The molecule has 2 atom stereocenters. The molecule has 0 saturated heterocycles. The second-order valence-corrected chi connectivity index (χ2v) is 24.1. The third kappa shape index (κ3) is 27.0. The Hall–Kier alpha value is 0.439. The molecule has 0 aromatic heterocycles. The monoisotopic (exact) mass is 780 g/mol. The van der Waals surface area contributed by atoms with Gasteiger partial charge in [-0.3, -0.25) is 0 Å². The number of hydrogen-bond donors (Lipinski definition) is 2. The van der Waals surface area contributed by atoms with Crippen LogP contribution in [0.4, 0.5) is 0 Å². The summed E-state index contributed by atoms with van der Waals surface area (Å²) in [6, 6.07) is 0. The minimum Gasteiger partial charge on any atom is -0.0654 e. The van der Waals surface area contributed by atoms with Gasteiger partial charge in [-0.1, -0.05) is 52.4 Å². The van der Waals surface area contributed by atoms with Gasteiger partial charge >= 0.3 is 247 Å². The minimum atomic E-state index is -3.99. The van der Waals surface area contributed by atoms with Crippen LogP contribution in [0.25, 0.3) is 0 Å². The Morgan fingerprint density at radius 2 is 0.667 bits per heavy atom. The van der Waals surface area contributed by atoms with Crippen LogP contribution in [0.5, 0.6) is 0 Å². The molecule has 0 spiro atoms. The third-order valence-electron chi connectivity index (χ3n) is 9.10. The predicted octanol–water partition coefficient (Wildman–Crippen LogP) is 13.1. The molecule has 0 aliphatic heterocycles. The van der Waals surface area contributed by atoms with Gasteiger partial charge in [0.25, 0.3) is 0 Å². The van der Waals surface area contributed by atoms with Crippen molar-refractivity contribution in [1.29, 1.82) is 0 Å². The SMILES string of the molecule is CCCCCCCCCCCCCC(S)C(=O)[O][Sn]([CH2]CCC)([CH2]CCC)[O]C(=O)C(S)CCCCCCCCCCCCC. The second-order valence-electron chi connectivity index (χ2n) is 13.6. The summed E-state index contributed by atoms with van der Waals surface area (Å²) in [6.07, 6.45) is 33.5. The maximum absolute atomic E-state index is 13.3. The van der Waals surface area contributed by atoms with Crippen LogP contribution < -0.4 is 0 Å². The van der Waals surface area contributed by atoms with Gasteiger partial charge < -0.3 is 0 Å². The summed E-state index contributed by atoms with van der Waals surface area (Å²) >= 11 is 5.33. The van der Waals surface area contributed by atoms with E-state index in [4.69, 9.17) is 6.15 Å². The zero-order valence-corrected chi connectivity index (χ0v) is 35.0. The molecule has 0 N–H and O–H groups in total. The quantitative estimate of drug-likeness (QED) is 0.0388. The van der Waals surface area contributed by atoms with E-state index < -0.39 is 29.7 Å². The van der Waals surface area contributed by atoms with Gasteiger partial charge in [0.15, 0.2) is 0 Å². The van der Waals surface area contributed by atoms with Crippen LogP contribution in [-0.2, 0) is 15.7 Å². The summed E-state index contributed by atoms with van der Waals surface area (Å²) in [5, 5.41) is -0.880. The number of rotatable bonds is 34. The molecule has 0 amide bonds. The van der Waals surface area contributed by atoms with Crippen molar-refractivity contribution < 1.29 is 15.7 Å². The molecule has 0 saturated carbocycles. The van der Waals surface area contributed by atoms with Crippen LogP contribution in [0, 0.1) is 0 Å². The van der Waals surface area contributed by atoms with Gasteiger partial charge in [0.05, 0.1) is 0 Å². The summed E-state index contributed by atoms with van der Waals surface area (Å²) in [6.45, 7) is 8.81. The smallest absolute Gasteiger partial charge is 0.0654 e. The Bertz CT molecular complexity index is 622. The first-order chi connectivity index (χ1) is 21.9. The van der Waals surface area contributed by atoms with Gasteiger partial charge in [0, 0.05) is 0 Å². The average Bonchev–Trinajstić information content (AvgIpc) is 3.03. The normalized spacial score (nSPS) is 13.1. The molecule has 268 valence electrons. The summed E-state index contributed by atoms with van der Waals surface area (Å²) < 4.78 is 14.1. The van der Waals surface area contributed by atoms with E-state index in [0.717, 1.165) is 73.1 Å². The molecule has 0 aliphatic rings. The van der Waals surface area contributed by atoms with Gasteiger partial charge in [0.2, 0.25) is 0 Å². The molecule has 0 aromatic rings. The topological polar surface area (TPSA) is 52.6 Å². The first-order valence-corrected chi connectivity index (χ1v) is 27.1. The summed E-state index contributed by atoms with van der Waals surface area (Å²) in [5.41, 5.74) is 0. The van der Waals surface area contributed by atoms with Crippen LogP contribution >= 0.6 is 25.3 Å². The second kappa shape index (κ2) is 33.0. The number of unbranched alkanes of at least 4 members (excludes halogenated alkanes) is 22. The van der Waals surface area contributed by atoms with Crippen LogP contribution in [0.2, 0.25) is 8.87 Å². The fourth-order valence-electron chi connectivity index (χ4n) is 5.98. The van der Waals surface area contributed by atoms with Crippen LogP contribution in [0.3, 0.4) is 0 Å². The van der Waals surface area contributed by atoms with Crippen LogP contribution in [-0.4, -0.2) is 41.6 Å². The molecule has 0 rings (SSSR count). The summed E-state index contributed by atoms with van der Waals surface area (Å²) in [7, 11) is 0. The summed E-state index contributed by atoms with van der Waals surface area (Å²) in [4.78, 5) is 26.6. The molecule has 2 unspecified atom stereocenters. The Morgan fingerprint density at radius 1 is 0.422 bits per heavy atom. The molecule has 0 radical (unpaired) electrons. The number of hydrogen-bond acceptors (Lipinski definition) is 6. The molecule has 45 heavy (non-hydrogen) atoms. The van der Waals surface area contributed by atoms with E-state index in [2.05, 4.69) is 53.0 Å². The van der Waals surface area contributed by atoms with Crippen molar-refractivity contribution in [2.75, 3.05) is 0 Å². The average molecular weight is 780 g/mol. The van der Waals surface area contributed by atoms with Crippen LogP contribution in [0.15, 0.2) is 0 Å². The van der Waals surface area contributed by atoms with E-state index in [1.54, 1.807) is 0 Å². The minimum absolute atomic E-state index is 0.262. The van der Waals surface area contributed by atoms with Crippen molar-refractivity contribution in [3.8, 4) is 0 Å². The zero-order chi connectivity index (χ0) is 33.4. The Morgan fingerprint density at radius 3 is 0.933 bits per heavy atom. The van der Waals surface area contributed by atoms with E-state index in [9.17, 15) is 9.59 Å². The zero-order valence-electron chi connectivity index (χ0n) is 30.4. The first-order valence-electron chi connectivity index (χ1n) is 19.7. The number of carbonyl (C=O) groups is 2. The predicted molar refractivity (Wildman–Crippen MR) is 205 cm³/mol. The number of thiol groups is 2. The molecule has 0 aromatic carbocycles. The van der Waals surface area contributed by atoms with E-state index in [1.807, 2.05) is 0 Å². The molecule has 0 aliphatic carbocycles. The molecule has 4 nitrogen and oxygen atoms in total. The van der Waals surface area contributed by atoms with E-state index in [1.165, 1.54) is 116 Å².